The standard InChI is InChI=1S/C15H20N4O2/c1-9-5-6-11(10(16)7-9)17-14(20)18-13-8-12(21-19-13)15(2,3)4/h5-8H,16H2,1-4H3,(H2,17,18,19,20). The molecule has 0 aliphatic carbocycles. The number of hydrogen-bond acceptors (Lipinski definition) is 4. The first-order chi connectivity index (χ1) is 9.75. The zero-order chi connectivity index (χ0) is 15.6. The molecule has 2 rings (SSSR count). The van der Waals surface area contributed by atoms with Gasteiger partial charge < -0.3 is 15.6 Å². The highest BCUT2D eigenvalue weighted by molar-refractivity contribution is 6.01. The minimum atomic E-state index is -0.417. The summed E-state index contributed by atoms with van der Waals surface area (Å²) in [6.45, 7) is 7.95. The number of urea groups is 1. The fourth-order valence-corrected chi connectivity index (χ4v) is 1.75. The maximum absolute atomic E-state index is 11.9. The average Bonchev–Trinajstić information content (AvgIpc) is 2.81. The monoisotopic (exact) mass is 288 g/mol. The number of nitrogens with one attached hydrogen (secondary N) is 2. The van der Waals surface area contributed by atoms with Crippen molar-refractivity contribution < 1.29 is 9.32 Å². The Morgan fingerprint density at radius 3 is 2.52 bits per heavy atom. The van der Waals surface area contributed by atoms with Gasteiger partial charge >= 0.3 is 6.03 Å². The molecule has 6 heteroatoms. The van der Waals surface area contributed by atoms with Gasteiger partial charge in [0.15, 0.2) is 5.82 Å². The summed E-state index contributed by atoms with van der Waals surface area (Å²) in [5, 5.41) is 9.11. The van der Waals surface area contributed by atoms with Crippen molar-refractivity contribution in [2.75, 3.05) is 16.4 Å². The largest absolute Gasteiger partial charge is 0.397 e. The topological polar surface area (TPSA) is 93.2 Å². The number of hydrogen-bond donors (Lipinski definition) is 3. The predicted octanol–water partition coefficient (Wildman–Crippen LogP) is 3.51. The Balaban J connectivity index is 2.03. The van der Waals surface area contributed by atoms with Crippen LogP contribution >= 0.6 is 0 Å². The number of nitrogens with two attached hydrogens (primary N) is 1. The van der Waals surface area contributed by atoms with Crippen LogP contribution in [0.5, 0.6) is 0 Å². The van der Waals surface area contributed by atoms with Crippen LogP contribution in [-0.2, 0) is 5.41 Å². The Morgan fingerprint density at radius 1 is 1.24 bits per heavy atom. The lowest BCUT2D eigenvalue weighted by molar-refractivity contribution is 0.262. The molecule has 1 aromatic carbocycles. The van der Waals surface area contributed by atoms with Gasteiger partial charge in [-0.3, -0.25) is 5.32 Å². The van der Waals surface area contributed by atoms with Crippen LogP contribution in [0.2, 0.25) is 0 Å². The summed E-state index contributed by atoms with van der Waals surface area (Å²) in [7, 11) is 0. The van der Waals surface area contributed by atoms with E-state index in [0.717, 1.165) is 5.56 Å². The van der Waals surface area contributed by atoms with Gasteiger partial charge in [0.05, 0.1) is 11.4 Å². The highest BCUT2D eigenvalue weighted by Gasteiger charge is 2.20. The first kappa shape index (κ1) is 14.9. The summed E-state index contributed by atoms with van der Waals surface area (Å²) in [6, 6.07) is 6.72. The molecule has 0 aliphatic rings. The second-order valence-corrected chi connectivity index (χ2v) is 6.00. The van der Waals surface area contributed by atoms with E-state index in [-0.39, 0.29) is 5.41 Å². The highest BCUT2D eigenvalue weighted by atomic mass is 16.5. The van der Waals surface area contributed by atoms with E-state index in [0.29, 0.717) is 23.0 Å². The molecular formula is C15H20N4O2. The van der Waals surface area contributed by atoms with Crippen molar-refractivity contribution in [1.29, 1.82) is 0 Å². The van der Waals surface area contributed by atoms with E-state index in [2.05, 4.69) is 15.8 Å². The summed E-state index contributed by atoms with van der Waals surface area (Å²) < 4.78 is 5.20. The lowest BCUT2D eigenvalue weighted by Gasteiger charge is -2.12. The van der Waals surface area contributed by atoms with Crippen molar-refractivity contribution in [3.8, 4) is 0 Å². The van der Waals surface area contributed by atoms with E-state index >= 15 is 0 Å². The maximum atomic E-state index is 11.9. The van der Waals surface area contributed by atoms with Crippen molar-refractivity contribution >= 4 is 23.2 Å². The van der Waals surface area contributed by atoms with Gasteiger partial charge in [0, 0.05) is 11.5 Å². The number of aromatic nitrogens is 1. The molecule has 0 unspecified atom stereocenters. The molecule has 0 radical (unpaired) electrons. The van der Waals surface area contributed by atoms with E-state index in [1.54, 1.807) is 18.2 Å². The summed E-state index contributed by atoms with van der Waals surface area (Å²) in [4.78, 5) is 11.9. The molecule has 0 bridgehead atoms. The fraction of sp³-hybridized carbons (Fsp3) is 0.333. The van der Waals surface area contributed by atoms with Gasteiger partial charge in [0.25, 0.3) is 0 Å². The first-order valence-electron chi connectivity index (χ1n) is 6.67. The molecule has 0 fully saturated rings. The van der Waals surface area contributed by atoms with Crippen molar-refractivity contribution in [2.45, 2.75) is 33.1 Å². The van der Waals surface area contributed by atoms with E-state index in [4.69, 9.17) is 10.3 Å². The number of nitrogens with zero attached hydrogens (tertiary/aromatic N) is 1. The fourth-order valence-electron chi connectivity index (χ4n) is 1.75. The molecule has 2 amide bonds. The Kier molecular flexibility index (Phi) is 3.88. The molecule has 4 N–H and O–H groups in total. The van der Waals surface area contributed by atoms with E-state index < -0.39 is 6.03 Å². The van der Waals surface area contributed by atoms with Crippen LogP contribution in [0.15, 0.2) is 28.8 Å². The van der Waals surface area contributed by atoms with Gasteiger partial charge in [0.1, 0.15) is 5.76 Å². The summed E-state index contributed by atoms with van der Waals surface area (Å²) in [5.74, 6) is 1.07. The van der Waals surface area contributed by atoms with Crippen LogP contribution in [0.3, 0.4) is 0 Å². The lowest BCUT2D eigenvalue weighted by Crippen LogP contribution is -2.20. The molecule has 6 nitrogen and oxygen atoms in total. The van der Waals surface area contributed by atoms with Crippen LogP contribution in [-0.4, -0.2) is 11.2 Å². The smallest absolute Gasteiger partial charge is 0.325 e. The number of nitrogen functional groups attached to an aromatic ring is 1. The van der Waals surface area contributed by atoms with Crippen molar-refractivity contribution in [3.05, 3.63) is 35.6 Å². The minimum Gasteiger partial charge on any atom is -0.397 e. The third-order valence-electron chi connectivity index (χ3n) is 2.95. The second-order valence-electron chi connectivity index (χ2n) is 6.00. The molecule has 1 heterocycles. The summed E-state index contributed by atoms with van der Waals surface area (Å²) >= 11 is 0. The van der Waals surface area contributed by atoms with Crippen LogP contribution in [0, 0.1) is 6.92 Å². The third-order valence-corrected chi connectivity index (χ3v) is 2.95. The van der Waals surface area contributed by atoms with Gasteiger partial charge in [-0.05, 0) is 24.6 Å². The highest BCUT2D eigenvalue weighted by Crippen LogP contribution is 2.24. The number of amides is 2. The predicted molar refractivity (Wildman–Crippen MR) is 83.4 cm³/mol. The molecule has 0 atom stereocenters. The number of carbonyl (C=O) groups is 1. The zero-order valence-electron chi connectivity index (χ0n) is 12.7. The van der Waals surface area contributed by atoms with Crippen molar-refractivity contribution in [3.63, 3.8) is 0 Å². The van der Waals surface area contributed by atoms with Crippen LogP contribution in [0.1, 0.15) is 32.1 Å². The maximum Gasteiger partial charge on any atom is 0.325 e. The Bertz CT molecular complexity index is 656. The number of benzene rings is 1. The average molecular weight is 288 g/mol. The van der Waals surface area contributed by atoms with Gasteiger partial charge in [-0.25, -0.2) is 4.79 Å². The summed E-state index contributed by atoms with van der Waals surface area (Å²) in [6.07, 6.45) is 0. The van der Waals surface area contributed by atoms with E-state index in [1.165, 1.54) is 0 Å². The Labute approximate surface area is 123 Å². The third kappa shape index (κ3) is 3.75. The van der Waals surface area contributed by atoms with Gasteiger partial charge in [-0.15, -0.1) is 0 Å². The quantitative estimate of drug-likeness (QED) is 0.737. The van der Waals surface area contributed by atoms with Crippen LogP contribution in [0.25, 0.3) is 0 Å². The van der Waals surface area contributed by atoms with Gasteiger partial charge in [0.2, 0.25) is 0 Å². The van der Waals surface area contributed by atoms with Crippen molar-refractivity contribution in [2.24, 2.45) is 0 Å². The van der Waals surface area contributed by atoms with Crippen LogP contribution < -0.4 is 16.4 Å². The number of aryl methyl sites for hydroxylation is 1. The Morgan fingerprint density at radius 2 is 1.95 bits per heavy atom. The SMILES string of the molecule is Cc1ccc(NC(=O)Nc2cc(C(C)(C)C)on2)c(N)c1. The van der Waals surface area contributed by atoms with Crippen molar-refractivity contribution in [1.82, 2.24) is 5.16 Å². The lowest BCUT2D eigenvalue weighted by atomic mass is 9.93. The van der Waals surface area contributed by atoms with E-state index in [9.17, 15) is 4.79 Å². The van der Waals surface area contributed by atoms with Gasteiger partial charge in [-0.1, -0.05) is 32.0 Å². The molecule has 0 saturated heterocycles. The molecule has 1 aromatic heterocycles. The number of anilines is 3. The molecule has 0 spiro atoms. The number of carbonyl (C=O) groups excluding carboxylic acids is 1. The first-order valence-corrected chi connectivity index (χ1v) is 6.67. The van der Waals surface area contributed by atoms with Gasteiger partial charge in [-0.2, -0.15) is 0 Å². The normalized spacial score (nSPS) is 11.2. The number of rotatable bonds is 2. The summed E-state index contributed by atoms with van der Waals surface area (Å²) in [5.41, 5.74) is 7.79. The van der Waals surface area contributed by atoms with E-state index in [1.807, 2.05) is 33.8 Å². The minimum absolute atomic E-state index is 0.162. The molecule has 0 aliphatic heterocycles. The molecule has 21 heavy (non-hydrogen) atoms. The second kappa shape index (κ2) is 5.47. The molecule has 112 valence electrons. The van der Waals surface area contributed by atoms with Crippen LogP contribution in [0.4, 0.5) is 22.0 Å². The molecule has 2 aromatic rings. The molecular weight excluding hydrogens is 268 g/mol. The zero-order valence-corrected chi connectivity index (χ0v) is 12.7. The molecule has 0 saturated carbocycles. The Hall–Kier alpha value is -2.50.